The van der Waals surface area contributed by atoms with Crippen LogP contribution in [0.5, 0.6) is 0 Å². The van der Waals surface area contributed by atoms with Crippen molar-refractivity contribution >= 4 is 34.4 Å². The fraction of sp³-hybridized carbons (Fsp3) is 0.400. The molecule has 5 nitrogen and oxygen atoms in total. The summed E-state index contributed by atoms with van der Waals surface area (Å²) in [6.45, 7) is 0. The number of hydrogen-bond acceptors (Lipinski definition) is 6. The lowest BCUT2D eigenvalue weighted by atomic mass is 9.86. The Bertz CT molecular complexity index is 545. The summed E-state index contributed by atoms with van der Waals surface area (Å²) in [5.41, 5.74) is -3.48. The average molecular weight is 354 g/mol. The Labute approximate surface area is 115 Å². The van der Waals surface area contributed by atoms with Crippen LogP contribution in [0.25, 0.3) is 0 Å². The minimum absolute atomic E-state index is 0.524. The lowest BCUT2D eigenvalue weighted by molar-refractivity contribution is 0.0153. The maximum atomic E-state index is 9.15. The van der Waals surface area contributed by atoms with E-state index in [0.29, 0.717) is 0 Å². The highest BCUT2D eigenvalue weighted by Gasteiger charge is 2.67. The van der Waals surface area contributed by atoms with E-state index >= 15 is 0 Å². The lowest BCUT2D eigenvalue weighted by Crippen LogP contribution is -2.35. The Kier molecular flexibility index (Phi) is 2.79. The van der Waals surface area contributed by atoms with E-state index in [4.69, 9.17) is 25.8 Å². The maximum absolute atomic E-state index is 9.15. The molecule has 2 heterocycles. The minimum atomic E-state index is -1.74. The van der Waals surface area contributed by atoms with Gasteiger partial charge in [0.2, 0.25) is 0 Å². The molecule has 0 N–H and O–H groups in total. The Morgan fingerprint density at radius 1 is 1.12 bits per heavy atom. The van der Waals surface area contributed by atoms with Crippen molar-refractivity contribution in [3.05, 3.63) is 8.99 Å². The average Bonchev–Trinajstić information content (AvgIpc) is 2.88. The quantitative estimate of drug-likeness (QED) is 0.612. The van der Waals surface area contributed by atoms with Gasteiger partial charge < -0.3 is 4.74 Å². The van der Waals surface area contributed by atoms with Gasteiger partial charge in [-0.15, -0.1) is 11.8 Å². The minimum Gasteiger partial charge on any atom is -0.311 e. The molecule has 0 aromatic rings. The third-order valence-electron chi connectivity index (χ3n) is 2.75. The van der Waals surface area contributed by atoms with Crippen LogP contribution in [-0.2, 0) is 4.74 Å². The van der Waals surface area contributed by atoms with E-state index < -0.39 is 22.4 Å². The second-order valence-electron chi connectivity index (χ2n) is 3.56. The summed E-state index contributed by atoms with van der Waals surface area (Å²) in [7, 11) is 0. The smallest absolute Gasteiger partial charge is 0.256 e. The van der Waals surface area contributed by atoms with Crippen LogP contribution in [0.4, 0.5) is 0 Å². The fourth-order valence-electron chi connectivity index (χ4n) is 1.96. The van der Waals surface area contributed by atoms with Crippen molar-refractivity contribution in [2.45, 2.75) is 16.5 Å². The number of ether oxygens (including phenoxy) is 1. The second-order valence-corrected chi connectivity index (χ2v) is 5.82. The van der Waals surface area contributed by atoms with Crippen LogP contribution < -0.4 is 0 Å². The SMILES string of the molecule is N#CC1(C#N)OC(C#N)(C#N)[C@H]2C(I)=CS[C@@H]21. The summed E-state index contributed by atoms with van der Waals surface area (Å²) in [4.78, 5) is 0. The van der Waals surface area contributed by atoms with Crippen LogP contribution in [0.1, 0.15) is 0 Å². The summed E-state index contributed by atoms with van der Waals surface area (Å²) < 4.78 is 6.03. The molecule has 2 atom stereocenters. The van der Waals surface area contributed by atoms with Gasteiger partial charge in [-0.05, 0) is 28.0 Å². The molecule has 0 bridgehead atoms. The Balaban J connectivity index is 2.62. The van der Waals surface area contributed by atoms with E-state index in [2.05, 4.69) is 0 Å². The number of halogens is 1. The third-order valence-corrected chi connectivity index (χ3v) is 5.44. The van der Waals surface area contributed by atoms with Gasteiger partial charge in [0.05, 0.1) is 11.2 Å². The lowest BCUT2D eigenvalue weighted by Gasteiger charge is -2.18. The molecule has 0 saturated carbocycles. The van der Waals surface area contributed by atoms with Crippen LogP contribution in [0, 0.1) is 51.2 Å². The number of rotatable bonds is 0. The zero-order valence-corrected chi connectivity index (χ0v) is 11.2. The number of nitriles is 4. The summed E-state index contributed by atoms with van der Waals surface area (Å²) in [5.74, 6) is -0.539. The van der Waals surface area contributed by atoms with E-state index in [9.17, 15) is 0 Å². The first kappa shape index (κ1) is 12.2. The number of thioether (sulfide) groups is 1. The molecule has 0 aliphatic carbocycles. The molecule has 0 aromatic heterocycles. The predicted molar refractivity (Wildman–Crippen MR) is 66.0 cm³/mol. The second kappa shape index (κ2) is 3.89. The van der Waals surface area contributed by atoms with Gasteiger partial charge >= 0.3 is 0 Å². The van der Waals surface area contributed by atoms with Crippen LogP contribution in [0.2, 0.25) is 0 Å². The van der Waals surface area contributed by atoms with E-state index in [-0.39, 0.29) is 0 Å². The van der Waals surface area contributed by atoms with Crippen LogP contribution >= 0.6 is 34.4 Å². The molecule has 1 saturated heterocycles. The molecule has 1 fully saturated rings. The standard InChI is InChI=1S/C10H3IN4OS/c11-6-1-17-8-7(6)9(2-12,3-13)16-10(8,4-14)5-15/h1,7-8H/t7-,8-/m0/s1. The molecule has 0 aromatic carbocycles. The van der Waals surface area contributed by atoms with E-state index in [1.165, 1.54) is 11.8 Å². The van der Waals surface area contributed by atoms with E-state index in [1.807, 2.05) is 34.7 Å². The van der Waals surface area contributed by atoms with Crippen molar-refractivity contribution in [1.29, 1.82) is 21.0 Å². The zero-order chi connectivity index (χ0) is 12.7. The van der Waals surface area contributed by atoms with Crippen molar-refractivity contribution in [3.63, 3.8) is 0 Å². The molecule has 0 amide bonds. The summed E-state index contributed by atoms with van der Waals surface area (Å²) in [6, 6.07) is 7.21. The highest BCUT2D eigenvalue weighted by Crippen LogP contribution is 2.56. The van der Waals surface area contributed by atoms with Gasteiger partial charge in [0.15, 0.2) is 0 Å². The molecule has 0 unspecified atom stereocenters. The summed E-state index contributed by atoms with van der Waals surface area (Å²) >= 11 is 3.28. The predicted octanol–water partition coefficient (Wildman–Crippen LogP) is 1.60. The van der Waals surface area contributed by atoms with Gasteiger partial charge in [0.25, 0.3) is 11.2 Å². The molecule has 0 radical (unpaired) electrons. The van der Waals surface area contributed by atoms with Crippen molar-refractivity contribution in [2.24, 2.45) is 5.92 Å². The van der Waals surface area contributed by atoms with Crippen LogP contribution in [-0.4, -0.2) is 16.5 Å². The highest BCUT2D eigenvalue weighted by molar-refractivity contribution is 14.1. The summed E-state index contributed by atoms with van der Waals surface area (Å²) in [5, 5.41) is 37.8. The first-order valence-corrected chi connectivity index (χ1v) is 6.47. The number of fused-ring (bicyclic) bond motifs is 1. The van der Waals surface area contributed by atoms with Gasteiger partial charge in [-0.2, -0.15) is 21.0 Å². The Morgan fingerprint density at radius 2 is 1.65 bits per heavy atom. The largest absolute Gasteiger partial charge is 0.311 e. The number of nitrogens with zero attached hydrogens (tertiary/aromatic N) is 4. The summed E-state index contributed by atoms with van der Waals surface area (Å²) in [6.07, 6.45) is 0. The van der Waals surface area contributed by atoms with Crippen molar-refractivity contribution in [1.82, 2.24) is 0 Å². The topological polar surface area (TPSA) is 104 Å². The highest BCUT2D eigenvalue weighted by atomic mass is 127. The molecule has 17 heavy (non-hydrogen) atoms. The van der Waals surface area contributed by atoms with Crippen LogP contribution in [0.3, 0.4) is 0 Å². The third kappa shape index (κ3) is 1.37. The fourth-order valence-corrected chi connectivity index (χ4v) is 4.70. The van der Waals surface area contributed by atoms with Gasteiger partial charge in [-0.3, -0.25) is 0 Å². The molecule has 2 aliphatic heterocycles. The number of hydrogen-bond donors (Lipinski definition) is 0. The molecule has 2 aliphatic rings. The van der Waals surface area contributed by atoms with Gasteiger partial charge in [0, 0.05) is 3.58 Å². The molecular formula is C10H3IN4OS. The molecule has 0 spiro atoms. The monoisotopic (exact) mass is 354 g/mol. The maximum Gasteiger partial charge on any atom is 0.256 e. The Hall–Kier alpha value is -1.26. The van der Waals surface area contributed by atoms with E-state index in [1.54, 1.807) is 17.5 Å². The van der Waals surface area contributed by atoms with Crippen molar-refractivity contribution < 1.29 is 4.74 Å². The normalized spacial score (nSPS) is 31.2. The van der Waals surface area contributed by atoms with Crippen molar-refractivity contribution in [2.75, 3.05) is 0 Å². The first-order chi connectivity index (χ1) is 8.09. The molecule has 82 valence electrons. The van der Waals surface area contributed by atoms with Gasteiger partial charge in [-0.25, -0.2) is 0 Å². The molecular weight excluding hydrogens is 351 g/mol. The first-order valence-electron chi connectivity index (χ1n) is 4.45. The molecule has 7 heteroatoms. The Morgan fingerprint density at radius 3 is 2.12 bits per heavy atom. The molecule has 2 rings (SSSR count). The van der Waals surface area contributed by atoms with Gasteiger partial charge in [-0.1, -0.05) is 0 Å². The van der Waals surface area contributed by atoms with E-state index in [0.717, 1.165) is 3.58 Å². The van der Waals surface area contributed by atoms with Gasteiger partial charge in [0.1, 0.15) is 24.3 Å². The zero-order valence-electron chi connectivity index (χ0n) is 8.22. The van der Waals surface area contributed by atoms with Crippen molar-refractivity contribution in [3.8, 4) is 24.3 Å². The van der Waals surface area contributed by atoms with Crippen LogP contribution in [0.15, 0.2) is 8.99 Å².